The Hall–Kier alpha value is -1.34. The lowest BCUT2D eigenvalue weighted by Gasteiger charge is -2.11. The molecule has 1 rings (SSSR count). The largest absolute Gasteiger partial charge is 0.492 e. The molecular formula is C13H17F4NO2. The molecule has 0 unspecified atom stereocenters. The minimum Gasteiger partial charge on any atom is -0.492 e. The molecule has 0 spiro atoms. The van der Waals surface area contributed by atoms with E-state index in [2.05, 4.69) is 5.32 Å². The molecule has 3 nitrogen and oxygen atoms in total. The second-order valence-corrected chi connectivity index (χ2v) is 3.93. The van der Waals surface area contributed by atoms with Crippen LogP contribution in [0.5, 0.6) is 5.75 Å². The molecule has 7 heteroatoms. The first kappa shape index (κ1) is 16.7. The lowest BCUT2D eigenvalue weighted by Crippen LogP contribution is -2.25. The van der Waals surface area contributed by atoms with Gasteiger partial charge < -0.3 is 14.8 Å². The molecule has 0 heterocycles. The molecule has 1 aromatic carbocycles. The van der Waals surface area contributed by atoms with E-state index in [1.165, 1.54) is 6.07 Å². The van der Waals surface area contributed by atoms with E-state index in [-0.39, 0.29) is 12.4 Å². The van der Waals surface area contributed by atoms with Crippen molar-refractivity contribution in [3.63, 3.8) is 0 Å². The Morgan fingerprint density at radius 3 is 2.50 bits per heavy atom. The van der Waals surface area contributed by atoms with Crippen molar-refractivity contribution in [3.8, 4) is 5.75 Å². The van der Waals surface area contributed by atoms with Gasteiger partial charge in [0.1, 0.15) is 18.2 Å². The van der Waals surface area contributed by atoms with Crippen molar-refractivity contribution < 1.29 is 27.0 Å². The Labute approximate surface area is 114 Å². The molecule has 0 aromatic heterocycles. The average molecular weight is 295 g/mol. The maximum Gasteiger partial charge on any atom is 0.419 e. The first-order valence-corrected chi connectivity index (χ1v) is 6.23. The number of hydrogen-bond donors (Lipinski definition) is 1. The Kier molecular flexibility index (Phi) is 6.74. The van der Waals surface area contributed by atoms with Gasteiger partial charge in [0.25, 0.3) is 0 Å². The topological polar surface area (TPSA) is 30.5 Å². The summed E-state index contributed by atoms with van der Waals surface area (Å²) < 4.78 is 60.7. The van der Waals surface area contributed by atoms with Crippen molar-refractivity contribution in [1.29, 1.82) is 0 Å². The summed E-state index contributed by atoms with van der Waals surface area (Å²) in [6, 6.07) is 2.58. The third-order valence-electron chi connectivity index (χ3n) is 2.42. The predicted octanol–water partition coefficient (Wildman–Crippen LogP) is 2.85. The lowest BCUT2D eigenvalue weighted by atomic mass is 10.2. The van der Waals surface area contributed by atoms with Gasteiger partial charge in [-0.05, 0) is 25.1 Å². The van der Waals surface area contributed by atoms with Crippen molar-refractivity contribution in [2.24, 2.45) is 0 Å². The fourth-order valence-electron chi connectivity index (χ4n) is 1.47. The van der Waals surface area contributed by atoms with Crippen LogP contribution in [0.3, 0.4) is 0 Å². The maximum atomic E-state index is 13.0. The van der Waals surface area contributed by atoms with E-state index in [4.69, 9.17) is 9.47 Å². The van der Waals surface area contributed by atoms with Crippen LogP contribution in [0, 0.1) is 5.82 Å². The van der Waals surface area contributed by atoms with Crippen LogP contribution in [-0.2, 0) is 10.9 Å². The van der Waals surface area contributed by atoms with Crippen LogP contribution in [0.15, 0.2) is 18.2 Å². The maximum absolute atomic E-state index is 13.0. The van der Waals surface area contributed by atoms with E-state index < -0.39 is 17.6 Å². The molecule has 0 fully saturated rings. The molecule has 0 aliphatic heterocycles. The highest BCUT2D eigenvalue weighted by atomic mass is 19.4. The van der Waals surface area contributed by atoms with Gasteiger partial charge in [-0.1, -0.05) is 0 Å². The van der Waals surface area contributed by atoms with Gasteiger partial charge in [-0.2, -0.15) is 13.2 Å². The van der Waals surface area contributed by atoms with E-state index in [9.17, 15) is 17.6 Å². The summed E-state index contributed by atoms with van der Waals surface area (Å²) in [7, 11) is 0. The highest BCUT2D eigenvalue weighted by molar-refractivity contribution is 5.31. The quantitative estimate of drug-likeness (QED) is 0.591. The molecule has 0 aliphatic carbocycles. The first-order chi connectivity index (χ1) is 9.45. The molecule has 0 saturated carbocycles. The first-order valence-electron chi connectivity index (χ1n) is 6.23. The van der Waals surface area contributed by atoms with Gasteiger partial charge >= 0.3 is 6.18 Å². The zero-order valence-corrected chi connectivity index (χ0v) is 11.1. The molecular weight excluding hydrogens is 278 g/mol. The fourth-order valence-corrected chi connectivity index (χ4v) is 1.47. The van der Waals surface area contributed by atoms with E-state index in [1.807, 2.05) is 6.92 Å². The van der Waals surface area contributed by atoms with E-state index in [0.717, 1.165) is 6.07 Å². The minimum absolute atomic E-state index is 0.00895. The monoisotopic (exact) mass is 295 g/mol. The second kappa shape index (κ2) is 8.06. The molecule has 1 aromatic rings. The van der Waals surface area contributed by atoms with Crippen molar-refractivity contribution in [1.82, 2.24) is 5.32 Å². The lowest BCUT2D eigenvalue weighted by molar-refractivity contribution is -0.140. The van der Waals surface area contributed by atoms with Crippen molar-refractivity contribution >= 4 is 0 Å². The number of hydrogen-bond acceptors (Lipinski definition) is 3. The third kappa shape index (κ3) is 5.75. The van der Waals surface area contributed by atoms with E-state index >= 15 is 0 Å². The molecule has 0 amide bonds. The van der Waals surface area contributed by atoms with Gasteiger partial charge in [0.15, 0.2) is 0 Å². The van der Waals surface area contributed by atoms with Crippen LogP contribution < -0.4 is 10.1 Å². The van der Waals surface area contributed by atoms with Crippen molar-refractivity contribution in [2.75, 3.05) is 32.9 Å². The molecule has 0 atom stereocenters. The Balaban J connectivity index is 2.38. The predicted molar refractivity (Wildman–Crippen MR) is 66.3 cm³/mol. The van der Waals surface area contributed by atoms with Crippen LogP contribution in [0.1, 0.15) is 12.5 Å². The summed E-state index contributed by atoms with van der Waals surface area (Å²) in [6.07, 6.45) is -4.72. The highest BCUT2D eigenvalue weighted by Crippen LogP contribution is 2.33. The zero-order valence-electron chi connectivity index (χ0n) is 11.1. The number of nitrogens with one attached hydrogen (secondary N) is 1. The Bertz CT molecular complexity index is 410. The van der Waals surface area contributed by atoms with Crippen LogP contribution in [0.2, 0.25) is 0 Å². The summed E-state index contributed by atoms with van der Waals surface area (Å²) in [4.78, 5) is 0. The normalized spacial score (nSPS) is 11.7. The summed E-state index contributed by atoms with van der Waals surface area (Å²) in [6.45, 7) is 4.37. The highest BCUT2D eigenvalue weighted by Gasteiger charge is 2.34. The molecule has 0 aliphatic rings. The molecule has 0 radical (unpaired) electrons. The number of rotatable bonds is 8. The molecule has 114 valence electrons. The Morgan fingerprint density at radius 1 is 1.15 bits per heavy atom. The summed E-state index contributed by atoms with van der Waals surface area (Å²) in [5.74, 6) is -1.31. The van der Waals surface area contributed by atoms with Crippen molar-refractivity contribution in [2.45, 2.75) is 13.1 Å². The van der Waals surface area contributed by atoms with Crippen LogP contribution in [0.4, 0.5) is 17.6 Å². The minimum atomic E-state index is -4.72. The van der Waals surface area contributed by atoms with E-state index in [1.54, 1.807) is 0 Å². The van der Waals surface area contributed by atoms with Crippen LogP contribution >= 0.6 is 0 Å². The molecule has 20 heavy (non-hydrogen) atoms. The summed E-state index contributed by atoms with van der Waals surface area (Å²) in [5.41, 5.74) is -1.32. The SMILES string of the molecule is CCOCCNCCOc1ccc(F)c(C(F)(F)F)c1. The second-order valence-electron chi connectivity index (χ2n) is 3.93. The Morgan fingerprint density at radius 2 is 1.85 bits per heavy atom. The zero-order chi connectivity index (χ0) is 15.0. The number of benzene rings is 1. The van der Waals surface area contributed by atoms with Gasteiger partial charge in [-0.25, -0.2) is 4.39 Å². The summed E-state index contributed by atoms with van der Waals surface area (Å²) >= 11 is 0. The van der Waals surface area contributed by atoms with Gasteiger partial charge in [-0.15, -0.1) is 0 Å². The molecule has 0 bridgehead atoms. The van der Waals surface area contributed by atoms with Crippen LogP contribution in [0.25, 0.3) is 0 Å². The standard InChI is InChI=1S/C13H17F4NO2/c1-2-19-7-5-18-6-8-20-10-3-4-12(14)11(9-10)13(15,16)17/h3-4,9,18H,2,5-8H2,1H3. The van der Waals surface area contributed by atoms with E-state index in [0.29, 0.717) is 32.4 Å². The van der Waals surface area contributed by atoms with Gasteiger partial charge in [0.05, 0.1) is 12.2 Å². The summed E-state index contributed by atoms with van der Waals surface area (Å²) in [5, 5.41) is 3.00. The number of alkyl halides is 3. The van der Waals surface area contributed by atoms with Gasteiger partial charge in [-0.3, -0.25) is 0 Å². The average Bonchev–Trinajstić information content (AvgIpc) is 2.38. The van der Waals surface area contributed by atoms with Crippen molar-refractivity contribution in [3.05, 3.63) is 29.6 Å². The fraction of sp³-hybridized carbons (Fsp3) is 0.538. The third-order valence-corrected chi connectivity index (χ3v) is 2.42. The molecule has 0 saturated heterocycles. The molecule has 1 N–H and O–H groups in total. The van der Waals surface area contributed by atoms with Crippen LogP contribution in [-0.4, -0.2) is 32.9 Å². The van der Waals surface area contributed by atoms with Gasteiger partial charge in [0.2, 0.25) is 0 Å². The smallest absolute Gasteiger partial charge is 0.419 e. The number of halogens is 4. The van der Waals surface area contributed by atoms with Gasteiger partial charge in [0, 0.05) is 19.7 Å². The number of ether oxygens (including phenoxy) is 2.